The summed E-state index contributed by atoms with van der Waals surface area (Å²) >= 11 is 12.0. The Morgan fingerprint density at radius 1 is 1.11 bits per heavy atom. The van der Waals surface area contributed by atoms with Crippen LogP contribution in [0.5, 0.6) is 0 Å². The lowest BCUT2D eigenvalue weighted by atomic mass is 9.95. The first-order valence-corrected chi connectivity index (χ1v) is 6.45. The van der Waals surface area contributed by atoms with E-state index in [0.29, 0.717) is 10.0 Å². The first-order chi connectivity index (χ1) is 9.01. The van der Waals surface area contributed by atoms with Gasteiger partial charge < -0.3 is 0 Å². The molecule has 1 atom stereocenters. The second kappa shape index (κ2) is 5.88. The van der Waals surface area contributed by atoms with Crippen molar-refractivity contribution >= 4 is 23.2 Å². The summed E-state index contributed by atoms with van der Waals surface area (Å²) < 4.78 is 13.4. The maximum absolute atomic E-state index is 13.4. The van der Waals surface area contributed by atoms with Gasteiger partial charge in [0, 0.05) is 10.0 Å². The molecule has 19 heavy (non-hydrogen) atoms. The quantitative estimate of drug-likeness (QED) is 0.664. The molecule has 0 aliphatic heterocycles. The molecular weight excluding hydrogens is 286 g/mol. The molecule has 0 bridgehead atoms. The molecule has 0 saturated carbocycles. The molecule has 5 heteroatoms. The van der Waals surface area contributed by atoms with Crippen molar-refractivity contribution < 1.29 is 4.39 Å². The van der Waals surface area contributed by atoms with E-state index in [2.05, 4.69) is 5.43 Å². The normalized spacial score (nSPS) is 12.5. The summed E-state index contributed by atoms with van der Waals surface area (Å²) in [5.41, 5.74) is 5.14. The minimum absolute atomic E-state index is 0.311. The van der Waals surface area contributed by atoms with Crippen LogP contribution in [-0.2, 0) is 0 Å². The van der Waals surface area contributed by atoms with Crippen molar-refractivity contribution in [2.24, 2.45) is 5.84 Å². The summed E-state index contributed by atoms with van der Waals surface area (Å²) in [7, 11) is 0. The smallest absolute Gasteiger partial charge is 0.123 e. The molecular formula is C14H13Cl2FN2. The van der Waals surface area contributed by atoms with Crippen LogP contribution in [0, 0.1) is 12.7 Å². The van der Waals surface area contributed by atoms with Crippen molar-refractivity contribution in [3.63, 3.8) is 0 Å². The van der Waals surface area contributed by atoms with E-state index in [9.17, 15) is 4.39 Å². The Morgan fingerprint density at radius 3 is 2.32 bits per heavy atom. The van der Waals surface area contributed by atoms with E-state index in [-0.39, 0.29) is 11.9 Å². The Morgan fingerprint density at radius 2 is 1.74 bits per heavy atom. The molecule has 2 aromatic rings. The minimum atomic E-state index is -0.369. The van der Waals surface area contributed by atoms with Gasteiger partial charge >= 0.3 is 0 Å². The number of nitrogens with one attached hydrogen (secondary N) is 1. The Labute approximate surface area is 121 Å². The molecule has 2 aromatic carbocycles. The largest absolute Gasteiger partial charge is 0.271 e. The maximum Gasteiger partial charge on any atom is 0.123 e. The maximum atomic E-state index is 13.4. The van der Waals surface area contributed by atoms with Crippen LogP contribution < -0.4 is 11.3 Å². The van der Waals surface area contributed by atoms with Crippen LogP contribution in [0.4, 0.5) is 4.39 Å². The summed E-state index contributed by atoms with van der Waals surface area (Å²) in [5, 5.41) is 1.02. The highest BCUT2D eigenvalue weighted by Gasteiger charge is 2.16. The molecule has 0 aliphatic rings. The van der Waals surface area contributed by atoms with Crippen LogP contribution in [0.1, 0.15) is 22.7 Å². The molecule has 0 fully saturated rings. The Balaban J connectivity index is 2.52. The van der Waals surface area contributed by atoms with Gasteiger partial charge in [0.15, 0.2) is 0 Å². The van der Waals surface area contributed by atoms with Gasteiger partial charge in [-0.15, -0.1) is 0 Å². The average Bonchev–Trinajstić information content (AvgIpc) is 2.33. The zero-order chi connectivity index (χ0) is 14.0. The van der Waals surface area contributed by atoms with Crippen molar-refractivity contribution in [2.45, 2.75) is 13.0 Å². The lowest BCUT2D eigenvalue weighted by Crippen LogP contribution is -2.29. The summed E-state index contributed by atoms with van der Waals surface area (Å²) in [6, 6.07) is 9.35. The monoisotopic (exact) mass is 298 g/mol. The zero-order valence-electron chi connectivity index (χ0n) is 10.3. The number of halogens is 3. The molecule has 0 aromatic heterocycles. The number of nitrogens with two attached hydrogens (primary N) is 1. The van der Waals surface area contributed by atoms with Crippen molar-refractivity contribution in [3.8, 4) is 0 Å². The van der Waals surface area contributed by atoms with Gasteiger partial charge in [-0.25, -0.2) is 9.82 Å². The molecule has 0 spiro atoms. The Hall–Kier alpha value is -1.13. The van der Waals surface area contributed by atoms with Gasteiger partial charge in [0.05, 0.1) is 6.04 Å². The van der Waals surface area contributed by atoms with Crippen LogP contribution >= 0.6 is 23.2 Å². The fourth-order valence-electron chi connectivity index (χ4n) is 2.03. The van der Waals surface area contributed by atoms with E-state index >= 15 is 0 Å². The van der Waals surface area contributed by atoms with E-state index in [0.717, 1.165) is 16.7 Å². The van der Waals surface area contributed by atoms with Gasteiger partial charge in [0.2, 0.25) is 0 Å². The van der Waals surface area contributed by atoms with Crippen LogP contribution in [0.3, 0.4) is 0 Å². The molecule has 0 saturated heterocycles. The second-order valence-electron chi connectivity index (χ2n) is 4.30. The van der Waals surface area contributed by atoms with E-state index in [1.807, 2.05) is 6.92 Å². The highest BCUT2D eigenvalue weighted by molar-refractivity contribution is 6.34. The fraction of sp³-hybridized carbons (Fsp3) is 0.143. The summed E-state index contributed by atoms with van der Waals surface area (Å²) in [6.07, 6.45) is 0. The first kappa shape index (κ1) is 14.3. The predicted octanol–water partition coefficient (Wildman–Crippen LogP) is 3.99. The topological polar surface area (TPSA) is 38.0 Å². The number of benzene rings is 2. The molecule has 100 valence electrons. The number of rotatable bonds is 3. The molecule has 2 nitrogen and oxygen atoms in total. The minimum Gasteiger partial charge on any atom is -0.271 e. The molecule has 0 heterocycles. The standard InChI is InChI=1S/C14H13Cl2FN2/c1-8-2-3-12(17)7-13(8)14(19-18)9-4-10(15)6-11(16)5-9/h2-7,14,19H,18H2,1H3. The van der Waals surface area contributed by atoms with Crippen LogP contribution in [-0.4, -0.2) is 0 Å². The Bertz CT molecular complexity index is 582. The summed E-state index contributed by atoms with van der Waals surface area (Å²) in [4.78, 5) is 0. The van der Waals surface area contributed by atoms with E-state index < -0.39 is 0 Å². The van der Waals surface area contributed by atoms with Gasteiger partial charge in [-0.05, 0) is 53.9 Å². The van der Waals surface area contributed by atoms with E-state index in [4.69, 9.17) is 29.0 Å². The molecule has 2 rings (SSSR count). The lowest BCUT2D eigenvalue weighted by Gasteiger charge is -2.19. The van der Waals surface area contributed by atoms with Crippen molar-refractivity contribution in [3.05, 3.63) is 69.0 Å². The molecule has 0 aliphatic carbocycles. The number of hydrogen-bond acceptors (Lipinski definition) is 2. The Kier molecular flexibility index (Phi) is 4.42. The third kappa shape index (κ3) is 3.25. The number of aryl methyl sites for hydroxylation is 1. The predicted molar refractivity (Wildman–Crippen MR) is 76.8 cm³/mol. The van der Waals surface area contributed by atoms with Gasteiger partial charge in [0.25, 0.3) is 0 Å². The summed E-state index contributed by atoms with van der Waals surface area (Å²) in [6.45, 7) is 1.89. The average molecular weight is 299 g/mol. The first-order valence-electron chi connectivity index (χ1n) is 5.69. The third-order valence-electron chi connectivity index (χ3n) is 2.94. The van der Waals surface area contributed by atoms with Crippen molar-refractivity contribution in [1.82, 2.24) is 5.43 Å². The lowest BCUT2D eigenvalue weighted by molar-refractivity contribution is 0.603. The SMILES string of the molecule is Cc1ccc(F)cc1C(NN)c1cc(Cl)cc(Cl)c1. The van der Waals surface area contributed by atoms with Gasteiger partial charge in [0.1, 0.15) is 5.82 Å². The molecule has 0 radical (unpaired) electrons. The van der Waals surface area contributed by atoms with Crippen LogP contribution in [0.15, 0.2) is 36.4 Å². The number of hydrazine groups is 1. The fourth-order valence-corrected chi connectivity index (χ4v) is 2.57. The van der Waals surface area contributed by atoms with Gasteiger partial charge in [-0.2, -0.15) is 0 Å². The van der Waals surface area contributed by atoms with Gasteiger partial charge in [-0.3, -0.25) is 5.84 Å². The molecule has 3 N–H and O–H groups in total. The highest BCUT2D eigenvalue weighted by Crippen LogP contribution is 2.29. The zero-order valence-corrected chi connectivity index (χ0v) is 11.8. The third-order valence-corrected chi connectivity index (χ3v) is 3.37. The van der Waals surface area contributed by atoms with Crippen molar-refractivity contribution in [1.29, 1.82) is 0 Å². The second-order valence-corrected chi connectivity index (χ2v) is 5.18. The highest BCUT2D eigenvalue weighted by atomic mass is 35.5. The molecule has 0 amide bonds. The number of hydrogen-bond donors (Lipinski definition) is 2. The summed E-state index contributed by atoms with van der Waals surface area (Å²) in [5.74, 6) is 5.29. The van der Waals surface area contributed by atoms with Crippen LogP contribution in [0.2, 0.25) is 10.0 Å². The van der Waals surface area contributed by atoms with E-state index in [1.54, 1.807) is 24.3 Å². The van der Waals surface area contributed by atoms with Crippen molar-refractivity contribution in [2.75, 3.05) is 0 Å². The van der Waals surface area contributed by atoms with E-state index in [1.165, 1.54) is 12.1 Å². The van der Waals surface area contributed by atoms with Crippen LogP contribution in [0.25, 0.3) is 0 Å². The molecule has 1 unspecified atom stereocenters. The van der Waals surface area contributed by atoms with Gasteiger partial charge in [-0.1, -0.05) is 29.3 Å².